The number of nitrogens with one attached hydrogen (secondary N) is 1. The molecule has 0 fully saturated rings. The predicted molar refractivity (Wildman–Crippen MR) is 109 cm³/mol. The van der Waals surface area contributed by atoms with E-state index in [2.05, 4.69) is 5.32 Å². The van der Waals surface area contributed by atoms with E-state index in [9.17, 15) is 14.0 Å². The summed E-state index contributed by atoms with van der Waals surface area (Å²) in [6.07, 6.45) is 0. The van der Waals surface area contributed by atoms with Crippen LogP contribution < -0.4 is 14.8 Å². The molecule has 6 nitrogen and oxygen atoms in total. The molecule has 152 valence electrons. The number of anilines is 1. The third-order valence-electron chi connectivity index (χ3n) is 4.69. The van der Waals surface area contributed by atoms with Gasteiger partial charge in [0.25, 0.3) is 0 Å². The number of para-hydroxylation sites is 1. The Morgan fingerprint density at radius 2 is 1.69 bits per heavy atom. The number of amides is 1. The highest BCUT2D eigenvalue weighted by molar-refractivity contribution is 7.19. The summed E-state index contributed by atoms with van der Waals surface area (Å²) in [6.45, 7) is 1.45. The first-order chi connectivity index (χ1) is 13.8. The second-order valence-corrected chi connectivity index (χ2v) is 7.49. The van der Waals surface area contributed by atoms with Crippen LogP contribution in [0.5, 0.6) is 11.5 Å². The molecule has 1 atom stereocenters. The van der Waals surface area contributed by atoms with Gasteiger partial charge >= 0.3 is 5.97 Å². The number of halogens is 1. The molecule has 1 heterocycles. The molecule has 8 heteroatoms. The number of benzene rings is 2. The molecule has 0 saturated carbocycles. The normalized spacial score (nSPS) is 12.9. The van der Waals surface area contributed by atoms with Crippen molar-refractivity contribution in [2.75, 3.05) is 26.6 Å². The van der Waals surface area contributed by atoms with Crippen LogP contribution in [0.2, 0.25) is 0 Å². The Bertz CT molecular complexity index is 1040. The first-order valence-electron chi connectivity index (χ1n) is 8.65. The van der Waals surface area contributed by atoms with Crippen LogP contribution in [0.3, 0.4) is 0 Å². The minimum Gasteiger partial charge on any atom is -0.493 e. The van der Waals surface area contributed by atoms with Crippen molar-refractivity contribution in [2.24, 2.45) is 0 Å². The molecule has 1 N–H and O–H groups in total. The van der Waals surface area contributed by atoms with Crippen LogP contribution in [-0.4, -0.2) is 33.2 Å². The molecule has 0 aliphatic heterocycles. The molecule has 0 spiro atoms. The summed E-state index contributed by atoms with van der Waals surface area (Å²) >= 11 is 1.25. The van der Waals surface area contributed by atoms with Gasteiger partial charge in [0.1, 0.15) is 5.82 Å². The Morgan fingerprint density at radius 3 is 2.31 bits per heavy atom. The molecule has 0 aliphatic rings. The molecule has 1 aromatic heterocycles. The molecule has 3 aromatic rings. The third-order valence-corrected chi connectivity index (χ3v) is 6.00. The van der Waals surface area contributed by atoms with Gasteiger partial charge in [-0.05, 0) is 36.6 Å². The van der Waals surface area contributed by atoms with Crippen molar-refractivity contribution in [1.82, 2.24) is 0 Å². The van der Waals surface area contributed by atoms with Crippen LogP contribution in [0.1, 0.15) is 11.8 Å². The number of rotatable bonds is 6. The lowest BCUT2D eigenvalue weighted by Crippen LogP contribution is -2.45. The van der Waals surface area contributed by atoms with E-state index < -0.39 is 23.1 Å². The Kier molecular flexibility index (Phi) is 5.74. The SMILES string of the molecule is COC(=O)C(C)(C(=O)Nc1ccccc1F)c1cc2cc(OC)c(OC)cc2s1. The number of methoxy groups -OCH3 is 3. The van der Waals surface area contributed by atoms with E-state index in [-0.39, 0.29) is 5.69 Å². The van der Waals surface area contributed by atoms with Crippen molar-refractivity contribution in [2.45, 2.75) is 12.3 Å². The molecule has 29 heavy (non-hydrogen) atoms. The van der Waals surface area contributed by atoms with Gasteiger partial charge in [-0.15, -0.1) is 11.3 Å². The smallest absolute Gasteiger partial charge is 0.326 e. The lowest BCUT2D eigenvalue weighted by Gasteiger charge is -2.24. The lowest BCUT2D eigenvalue weighted by molar-refractivity contribution is -0.150. The second kappa shape index (κ2) is 8.08. The van der Waals surface area contributed by atoms with Gasteiger partial charge < -0.3 is 19.5 Å². The van der Waals surface area contributed by atoms with Crippen LogP contribution in [-0.2, 0) is 19.7 Å². The van der Waals surface area contributed by atoms with Gasteiger partial charge in [0.05, 0.1) is 27.0 Å². The molecule has 0 aliphatic carbocycles. The molecular formula is C21H20FNO5S. The number of carbonyl (C=O) groups excluding carboxylic acids is 2. The van der Waals surface area contributed by atoms with E-state index in [0.29, 0.717) is 16.4 Å². The lowest BCUT2D eigenvalue weighted by atomic mass is 9.87. The number of ether oxygens (including phenoxy) is 3. The van der Waals surface area contributed by atoms with E-state index in [1.807, 2.05) is 0 Å². The maximum absolute atomic E-state index is 14.0. The highest BCUT2D eigenvalue weighted by atomic mass is 32.1. The molecule has 0 bridgehead atoms. The molecule has 1 amide bonds. The average molecular weight is 417 g/mol. The van der Waals surface area contributed by atoms with Crippen LogP contribution in [0.25, 0.3) is 10.1 Å². The first-order valence-corrected chi connectivity index (χ1v) is 9.47. The summed E-state index contributed by atoms with van der Waals surface area (Å²) in [7, 11) is 4.26. The number of esters is 1. The number of fused-ring (bicyclic) bond motifs is 1. The minimum absolute atomic E-state index is 0.0166. The molecule has 0 radical (unpaired) electrons. The zero-order valence-electron chi connectivity index (χ0n) is 16.4. The maximum Gasteiger partial charge on any atom is 0.326 e. The number of thiophene rings is 1. The van der Waals surface area contributed by atoms with Gasteiger partial charge in [-0.25, -0.2) is 4.39 Å². The van der Waals surface area contributed by atoms with Crippen LogP contribution >= 0.6 is 11.3 Å². The van der Waals surface area contributed by atoms with Crippen molar-refractivity contribution in [3.05, 3.63) is 53.2 Å². The molecule has 1 unspecified atom stereocenters. The van der Waals surface area contributed by atoms with Crippen LogP contribution in [0.15, 0.2) is 42.5 Å². The molecular weight excluding hydrogens is 397 g/mol. The standard InChI is InChI=1S/C21H20FNO5S/c1-21(20(25)28-4,19(24)23-14-8-6-5-7-13(14)22)18-10-12-9-15(26-2)16(27-3)11-17(12)29-18/h5-11H,1-4H3,(H,23,24). The summed E-state index contributed by atoms with van der Waals surface area (Å²) in [5, 5.41) is 3.27. The Hall–Kier alpha value is -3.13. The molecule has 0 saturated heterocycles. The second-order valence-electron chi connectivity index (χ2n) is 6.41. The monoisotopic (exact) mass is 417 g/mol. The van der Waals surface area contributed by atoms with E-state index in [4.69, 9.17) is 14.2 Å². The summed E-state index contributed by atoms with van der Waals surface area (Å²) in [5.74, 6) is -0.987. The Labute approximate surface area is 171 Å². The number of carbonyl (C=O) groups is 2. The fourth-order valence-electron chi connectivity index (χ4n) is 2.93. The highest BCUT2D eigenvalue weighted by Crippen LogP contribution is 2.41. The summed E-state index contributed by atoms with van der Waals surface area (Å²) < 4.78 is 30.3. The van der Waals surface area contributed by atoms with Gasteiger partial charge in [-0.3, -0.25) is 9.59 Å². The fraction of sp³-hybridized carbons (Fsp3) is 0.238. The van der Waals surface area contributed by atoms with Gasteiger partial charge in [-0.1, -0.05) is 12.1 Å². The average Bonchev–Trinajstić information content (AvgIpc) is 3.16. The number of hydrogen-bond donors (Lipinski definition) is 1. The van der Waals surface area contributed by atoms with Crippen LogP contribution in [0, 0.1) is 5.82 Å². The third kappa shape index (κ3) is 3.63. The van der Waals surface area contributed by atoms with Crippen molar-refractivity contribution >= 4 is 39.0 Å². The van der Waals surface area contributed by atoms with Crippen molar-refractivity contribution < 1.29 is 28.2 Å². The first kappa shape index (κ1) is 20.6. The van der Waals surface area contributed by atoms with Gasteiger partial charge in [0, 0.05) is 15.6 Å². The van der Waals surface area contributed by atoms with Gasteiger partial charge in [0.2, 0.25) is 5.91 Å². The van der Waals surface area contributed by atoms with Gasteiger partial charge in [-0.2, -0.15) is 0 Å². The zero-order valence-corrected chi connectivity index (χ0v) is 17.2. The van der Waals surface area contributed by atoms with E-state index >= 15 is 0 Å². The topological polar surface area (TPSA) is 73.9 Å². The quantitative estimate of drug-likeness (QED) is 0.482. The molecule has 3 rings (SSSR count). The largest absolute Gasteiger partial charge is 0.493 e. The molecule has 2 aromatic carbocycles. The summed E-state index contributed by atoms with van der Waals surface area (Å²) in [6, 6.07) is 11.0. The van der Waals surface area contributed by atoms with Crippen molar-refractivity contribution in [3.8, 4) is 11.5 Å². The number of hydrogen-bond acceptors (Lipinski definition) is 6. The summed E-state index contributed by atoms with van der Waals surface area (Å²) in [5.41, 5.74) is -1.70. The predicted octanol–water partition coefficient (Wildman–Crippen LogP) is 4.13. The Balaban J connectivity index is 2.09. The maximum atomic E-state index is 14.0. The summed E-state index contributed by atoms with van der Waals surface area (Å²) in [4.78, 5) is 26.2. The van der Waals surface area contributed by atoms with E-state index in [1.54, 1.807) is 24.3 Å². The minimum atomic E-state index is -1.68. The highest BCUT2D eigenvalue weighted by Gasteiger charge is 2.46. The Morgan fingerprint density at radius 1 is 1.03 bits per heavy atom. The van der Waals surface area contributed by atoms with Crippen molar-refractivity contribution in [1.29, 1.82) is 0 Å². The van der Waals surface area contributed by atoms with Crippen molar-refractivity contribution in [3.63, 3.8) is 0 Å². The fourth-order valence-corrected chi connectivity index (χ4v) is 4.14. The zero-order chi connectivity index (χ0) is 21.2. The van der Waals surface area contributed by atoms with E-state index in [1.165, 1.54) is 57.8 Å². The van der Waals surface area contributed by atoms with E-state index in [0.717, 1.165) is 10.1 Å². The van der Waals surface area contributed by atoms with Gasteiger partial charge in [0.15, 0.2) is 16.9 Å². The van der Waals surface area contributed by atoms with Crippen LogP contribution in [0.4, 0.5) is 10.1 Å².